The van der Waals surface area contributed by atoms with Gasteiger partial charge in [-0.05, 0) is 12.1 Å². The SMILES string of the molecule is O=c1cnc(=O)c2ccccc2[nH]1. The van der Waals surface area contributed by atoms with Gasteiger partial charge in [-0.1, -0.05) is 12.1 Å². The third kappa shape index (κ3) is 1.33. The molecule has 64 valence electrons. The first-order valence-electron chi connectivity index (χ1n) is 3.76. The predicted molar refractivity (Wildman–Crippen MR) is 48.6 cm³/mol. The van der Waals surface area contributed by atoms with Crippen LogP contribution in [0.5, 0.6) is 0 Å². The molecule has 4 heteroatoms. The van der Waals surface area contributed by atoms with Gasteiger partial charge in [0.1, 0.15) is 0 Å². The lowest BCUT2D eigenvalue weighted by atomic mass is 10.2. The summed E-state index contributed by atoms with van der Waals surface area (Å²) in [7, 11) is 0. The summed E-state index contributed by atoms with van der Waals surface area (Å²) in [6.07, 6.45) is 0.988. The van der Waals surface area contributed by atoms with Crippen LogP contribution < -0.4 is 11.1 Å². The monoisotopic (exact) mass is 174 g/mol. The van der Waals surface area contributed by atoms with Crippen molar-refractivity contribution in [2.75, 3.05) is 0 Å². The molecule has 1 heterocycles. The number of hydrogen-bond acceptors (Lipinski definition) is 3. The molecule has 0 fully saturated rings. The van der Waals surface area contributed by atoms with Crippen molar-refractivity contribution in [2.45, 2.75) is 0 Å². The van der Waals surface area contributed by atoms with Crippen LogP contribution in [0.3, 0.4) is 0 Å². The Morgan fingerprint density at radius 2 is 1.92 bits per heavy atom. The minimum Gasteiger partial charge on any atom is -0.320 e. The minimum atomic E-state index is -0.394. The number of benzene rings is 1. The Bertz CT molecular complexity index is 560. The molecule has 0 aliphatic rings. The number of aromatic amines is 1. The van der Waals surface area contributed by atoms with Crippen molar-refractivity contribution in [3.63, 3.8) is 0 Å². The zero-order valence-corrected chi connectivity index (χ0v) is 6.65. The van der Waals surface area contributed by atoms with Crippen molar-refractivity contribution in [3.8, 4) is 0 Å². The fourth-order valence-electron chi connectivity index (χ4n) is 1.13. The first kappa shape index (κ1) is 7.67. The van der Waals surface area contributed by atoms with Gasteiger partial charge in [0.15, 0.2) is 0 Å². The number of fused-ring (bicyclic) bond motifs is 1. The lowest BCUT2D eigenvalue weighted by Gasteiger charge is -1.86. The first-order chi connectivity index (χ1) is 6.27. The van der Waals surface area contributed by atoms with Gasteiger partial charge in [0.05, 0.1) is 17.1 Å². The lowest BCUT2D eigenvalue weighted by molar-refractivity contribution is 1.23. The van der Waals surface area contributed by atoms with Crippen LogP contribution in [0.4, 0.5) is 0 Å². The highest BCUT2D eigenvalue weighted by atomic mass is 16.1. The van der Waals surface area contributed by atoms with Gasteiger partial charge in [0.25, 0.3) is 11.1 Å². The third-order valence-corrected chi connectivity index (χ3v) is 1.71. The molecule has 0 atom stereocenters. The molecule has 0 unspecified atom stereocenters. The van der Waals surface area contributed by atoms with Gasteiger partial charge >= 0.3 is 0 Å². The normalized spacial score (nSPS) is 10.2. The van der Waals surface area contributed by atoms with Crippen molar-refractivity contribution in [3.05, 3.63) is 51.2 Å². The highest BCUT2D eigenvalue weighted by Gasteiger charge is 1.95. The summed E-state index contributed by atoms with van der Waals surface area (Å²) in [5, 5.41) is 0.421. The zero-order chi connectivity index (χ0) is 9.26. The Morgan fingerprint density at radius 1 is 1.15 bits per heavy atom. The van der Waals surface area contributed by atoms with Crippen molar-refractivity contribution in [1.29, 1.82) is 0 Å². The molecule has 2 aromatic rings. The van der Waals surface area contributed by atoms with E-state index in [1.165, 1.54) is 0 Å². The second-order valence-electron chi connectivity index (χ2n) is 2.60. The van der Waals surface area contributed by atoms with E-state index in [9.17, 15) is 9.59 Å². The molecule has 1 N–H and O–H groups in total. The maximum Gasteiger partial charge on any atom is 0.279 e. The number of hydrogen-bond donors (Lipinski definition) is 1. The third-order valence-electron chi connectivity index (χ3n) is 1.71. The quantitative estimate of drug-likeness (QED) is 0.624. The minimum absolute atomic E-state index is 0.377. The molecule has 0 amide bonds. The van der Waals surface area contributed by atoms with E-state index in [2.05, 4.69) is 9.97 Å². The highest BCUT2D eigenvalue weighted by Crippen LogP contribution is 2.01. The summed E-state index contributed by atoms with van der Waals surface area (Å²) < 4.78 is 0. The molecule has 0 saturated heterocycles. The van der Waals surface area contributed by atoms with E-state index in [4.69, 9.17) is 0 Å². The lowest BCUT2D eigenvalue weighted by Crippen LogP contribution is -2.02. The topological polar surface area (TPSA) is 62.8 Å². The van der Waals surface area contributed by atoms with Crippen molar-refractivity contribution in [1.82, 2.24) is 9.97 Å². The van der Waals surface area contributed by atoms with Gasteiger partial charge in [0.2, 0.25) is 0 Å². The number of nitrogens with one attached hydrogen (secondary N) is 1. The van der Waals surface area contributed by atoms with Crippen LogP contribution in [0.2, 0.25) is 0 Å². The number of H-pyrrole nitrogens is 1. The largest absolute Gasteiger partial charge is 0.320 e. The van der Waals surface area contributed by atoms with Crippen LogP contribution in [-0.2, 0) is 0 Å². The second-order valence-corrected chi connectivity index (χ2v) is 2.60. The summed E-state index contributed by atoms with van der Waals surface area (Å²) in [6.45, 7) is 0. The molecule has 0 radical (unpaired) electrons. The smallest absolute Gasteiger partial charge is 0.279 e. The molecular formula is C9H6N2O2. The van der Waals surface area contributed by atoms with E-state index >= 15 is 0 Å². The molecule has 4 nitrogen and oxygen atoms in total. The molecule has 13 heavy (non-hydrogen) atoms. The standard InChI is InChI=1S/C9H6N2O2/c12-8-5-10-9(13)6-3-1-2-4-7(6)11-8/h1-5H,(H,11,12). The van der Waals surface area contributed by atoms with Gasteiger partial charge in [-0.15, -0.1) is 0 Å². The van der Waals surface area contributed by atoms with E-state index < -0.39 is 5.56 Å². The van der Waals surface area contributed by atoms with Crippen LogP contribution >= 0.6 is 0 Å². The molecule has 0 saturated carbocycles. The van der Waals surface area contributed by atoms with Gasteiger partial charge in [-0.2, -0.15) is 0 Å². The Kier molecular flexibility index (Phi) is 1.66. The molecule has 1 aromatic heterocycles. The van der Waals surface area contributed by atoms with E-state index in [1.807, 2.05) is 0 Å². The molecule has 2 rings (SSSR count). The molecule has 0 aliphatic carbocycles. The van der Waals surface area contributed by atoms with Crippen LogP contribution in [0.1, 0.15) is 0 Å². The molecular weight excluding hydrogens is 168 g/mol. The average molecular weight is 174 g/mol. The molecule has 0 aliphatic heterocycles. The highest BCUT2D eigenvalue weighted by molar-refractivity contribution is 5.76. The van der Waals surface area contributed by atoms with Gasteiger partial charge < -0.3 is 4.98 Å². The summed E-state index contributed by atoms with van der Waals surface area (Å²) in [6, 6.07) is 6.77. The van der Waals surface area contributed by atoms with E-state index in [0.717, 1.165) is 6.20 Å². The van der Waals surface area contributed by atoms with Crippen LogP contribution in [0.25, 0.3) is 10.9 Å². The number of rotatable bonds is 0. The van der Waals surface area contributed by atoms with Crippen molar-refractivity contribution >= 4 is 10.9 Å². The first-order valence-corrected chi connectivity index (χ1v) is 3.76. The summed E-state index contributed by atoms with van der Waals surface area (Å²) in [5.74, 6) is 0. The molecule has 0 bridgehead atoms. The van der Waals surface area contributed by atoms with E-state index in [0.29, 0.717) is 10.9 Å². The number of nitrogens with zero attached hydrogens (tertiary/aromatic N) is 1. The Balaban J connectivity index is 3.13. The summed E-state index contributed by atoms with van der Waals surface area (Å²) in [4.78, 5) is 28.3. The van der Waals surface area contributed by atoms with Gasteiger partial charge in [0, 0.05) is 0 Å². The van der Waals surface area contributed by atoms with Crippen LogP contribution in [-0.4, -0.2) is 9.97 Å². The van der Waals surface area contributed by atoms with Crippen LogP contribution in [0, 0.1) is 0 Å². The van der Waals surface area contributed by atoms with Crippen molar-refractivity contribution in [2.24, 2.45) is 0 Å². The van der Waals surface area contributed by atoms with E-state index in [1.54, 1.807) is 24.3 Å². The van der Waals surface area contributed by atoms with E-state index in [-0.39, 0.29) is 5.56 Å². The fourth-order valence-corrected chi connectivity index (χ4v) is 1.13. The maximum absolute atomic E-state index is 11.3. The number of aromatic nitrogens is 2. The van der Waals surface area contributed by atoms with Gasteiger partial charge in [-0.3, -0.25) is 9.59 Å². The van der Waals surface area contributed by atoms with Crippen LogP contribution in [0.15, 0.2) is 40.1 Å². The number of para-hydroxylation sites is 1. The molecule has 0 spiro atoms. The Hall–Kier alpha value is -1.97. The maximum atomic E-state index is 11.3. The molecule has 1 aromatic carbocycles. The zero-order valence-electron chi connectivity index (χ0n) is 6.65. The second kappa shape index (κ2) is 2.82. The Morgan fingerprint density at radius 3 is 2.77 bits per heavy atom. The Labute approximate surface area is 72.9 Å². The predicted octanol–water partition coefficient (Wildman–Crippen LogP) is 0.283. The fraction of sp³-hybridized carbons (Fsp3) is 0. The average Bonchev–Trinajstić information content (AvgIpc) is 2.27. The summed E-state index contributed by atoms with van der Waals surface area (Å²) >= 11 is 0. The van der Waals surface area contributed by atoms with Gasteiger partial charge in [-0.25, -0.2) is 4.98 Å². The van der Waals surface area contributed by atoms with Crippen molar-refractivity contribution < 1.29 is 0 Å². The summed E-state index contributed by atoms with van der Waals surface area (Å²) in [5.41, 5.74) is -0.262.